The molecule has 1 amide bonds. The number of hydrogen-bond donors (Lipinski definition) is 1. The second-order valence-electron chi connectivity index (χ2n) is 4.55. The average molecular weight is 244 g/mol. The van der Waals surface area contributed by atoms with Gasteiger partial charge in [-0.2, -0.15) is 0 Å². The fraction of sp³-hybridized carbons (Fsp3) is 0.429. The van der Waals surface area contributed by atoms with Crippen LogP contribution in [-0.4, -0.2) is 41.1 Å². The van der Waals surface area contributed by atoms with Crippen molar-refractivity contribution in [1.82, 2.24) is 9.88 Å². The molecular weight excluding hydrogens is 228 g/mol. The van der Waals surface area contributed by atoms with E-state index in [1.165, 1.54) is 12.8 Å². The van der Waals surface area contributed by atoms with Crippen LogP contribution < -0.4 is 0 Å². The van der Waals surface area contributed by atoms with Gasteiger partial charge in [0.1, 0.15) is 6.61 Å². The zero-order valence-electron chi connectivity index (χ0n) is 10.4. The van der Waals surface area contributed by atoms with E-state index in [4.69, 9.17) is 5.11 Å². The molecule has 0 spiro atoms. The maximum atomic E-state index is 12.1. The monoisotopic (exact) mass is 244 g/mol. The van der Waals surface area contributed by atoms with Gasteiger partial charge in [0, 0.05) is 31.5 Å². The number of carbonyl (C=O) groups excluding carboxylic acids is 1. The van der Waals surface area contributed by atoms with E-state index >= 15 is 0 Å². The van der Waals surface area contributed by atoms with E-state index in [9.17, 15) is 4.79 Å². The predicted octanol–water partition coefficient (Wildman–Crippen LogP) is 0.907. The molecule has 18 heavy (non-hydrogen) atoms. The maximum absolute atomic E-state index is 12.1. The second kappa shape index (κ2) is 5.65. The molecule has 1 aliphatic carbocycles. The Morgan fingerprint density at radius 3 is 3.00 bits per heavy atom. The molecule has 4 heteroatoms. The van der Waals surface area contributed by atoms with Crippen LogP contribution in [0.3, 0.4) is 0 Å². The molecule has 1 aromatic rings. The topological polar surface area (TPSA) is 53.4 Å². The average Bonchev–Trinajstić information content (AvgIpc) is 3.19. The van der Waals surface area contributed by atoms with Gasteiger partial charge in [0.2, 0.25) is 0 Å². The Labute approximate surface area is 107 Å². The molecule has 2 rings (SSSR count). The minimum absolute atomic E-state index is 0.0259. The second-order valence-corrected chi connectivity index (χ2v) is 4.55. The van der Waals surface area contributed by atoms with E-state index in [0.717, 1.165) is 6.54 Å². The fourth-order valence-electron chi connectivity index (χ4n) is 1.76. The minimum atomic E-state index is -0.195. The van der Waals surface area contributed by atoms with Crippen molar-refractivity contribution in [2.24, 2.45) is 5.92 Å². The van der Waals surface area contributed by atoms with Gasteiger partial charge in [-0.05, 0) is 24.8 Å². The van der Waals surface area contributed by atoms with Gasteiger partial charge >= 0.3 is 0 Å². The van der Waals surface area contributed by atoms with Crippen LogP contribution >= 0.6 is 0 Å². The van der Waals surface area contributed by atoms with Crippen molar-refractivity contribution in [1.29, 1.82) is 0 Å². The molecule has 1 aliphatic rings. The van der Waals surface area contributed by atoms with Crippen molar-refractivity contribution in [2.75, 3.05) is 20.2 Å². The van der Waals surface area contributed by atoms with Crippen molar-refractivity contribution in [3.8, 4) is 11.8 Å². The normalized spacial score (nSPS) is 13.7. The van der Waals surface area contributed by atoms with Gasteiger partial charge in [-0.15, -0.1) is 0 Å². The molecule has 0 radical (unpaired) electrons. The van der Waals surface area contributed by atoms with Gasteiger partial charge in [-0.1, -0.05) is 11.8 Å². The Kier molecular flexibility index (Phi) is 3.96. The Hall–Kier alpha value is -1.86. The molecule has 0 unspecified atom stereocenters. The van der Waals surface area contributed by atoms with E-state index in [-0.39, 0.29) is 12.5 Å². The first-order valence-corrected chi connectivity index (χ1v) is 6.01. The molecule has 1 heterocycles. The highest BCUT2D eigenvalue weighted by Crippen LogP contribution is 2.29. The fourth-order valence-corrected chi connectivity index (χ4v) is 1.76. The lowest BCUT2D eigenvalue weighted by molar-refractivity contribution is 0.0788. The number of nitrogens with zero attached hydrogens (tertiary/aromatic N) is 2. The van der Waals surface area contributed by atoms with Crippen molar-refractivity contribution in [3.05, 3.63) is 29.6 Å². The number of amides is 1. The molecule has 4 nitrogen and oxygen atoms in total. The highest BCUT2D eigenvalue weighted by atomic mass is 16.2. The number of carbonyl (C=O) groups is 1. The maximum Gasteiger partial charge on any atom is 0.255 e. The number of aliphatic hydroxyl groups excluding tert-OH is 1. The summed E-state index contributed by atoms with van der Waals surface area (Å²) in [5.41, 5.74) is 1.19. The third-order valence-corrected chi connectivity index (χ3v) is 2.87. The Morgan fingerprint density at radius 1 is 1.56 bits per heavy atom. The van der Waals surface area contributed by atoms with Crippen LogP contribution in [0.5, 0.6) is 0 Å². The number of aliphatic hydroxyl groups is 1. The largest absolute Gasteiger partial charge is 0.384 e. The minimum Gasteiger partial charge on any atom is -0.384 e. The molecule has 94 valence electrons. The molecule has 0 aliphatic heterocycles. The first-order valence-electron chi connectivity index (χ1n) is 6.01. The molecule has 0 aromatic carbocycles. The highest BCUT2D eigenvalue weighted by molar-refractivity contribution is 5.94. The zero-order valence-corrected chi connectivity index (χ0v) is 10.4. The van der Waals surface area contributed by atoms with Crippen LogP contribution in [0.2, 0.25) is 0 Å². The zero-order chi connectivity index (χ0) is 13.0. The van der Waals surface area contributed by atoms with E-state index in [1.807, 2.05) is 7.05 Å². The van der Waals surface area contributed by atoms with Crippen LogP contribution in [0.4, 0.5) is 0 Å². The molecule has 1 saturated carbocycles. The molecule has 0 bridgehead atoms. The molecule has 1 N–H and O–H groups in total. The summed E-state index contributed by atoms with van der Waals surface area (Å²) in [7, 11) is 1.81. The number of hydrogen-bond acceptors (Lipinski definition) is 3. The molecule has 1 aromatic heterocycles. The van der Waals surface area contributed by atoms with Crippen LogP contribution in [0.25, 0.3) is 0 Å². The van der Waals surface area contributed by atoms with Gasteiger partial charge in [0.15, 0.2) is 0 Å². The van der Waals surface area contributed by atoms with Gasteiger partial charge in [-0.25, -0.2) is 0 Å². The van der Waals surface area contributed by atoms with Crippen molar-refractivity contribution in [2.45, 2.75) is 12.8 Å². The molecular formula is C14H16N2O2. The Balaban J connectivity index is 2.08. The van der Waals surface area contributed by atoms with Crippen LogP contribution in [0.1, 0.15) is 28.8 Å². The van der Waals surface area contributed by atoms with Crippen LogP contribution in [-0.2, 0) is 0 Å². The quantitative estimate of drug-likeness (QED) is 0.804. The smallest absolute Gasteiger partial charge is 0.255 e. The van der Waals surface area contributed by atoms with Crippen LogP contribution in [0, 0.1) is 17.8 Å². The van der Waals surface area contributed by atoms with Gasteiger partial charge in [0.25, 0.3) is 5.91 Å². The highest BCUT2D eigenvalue weighted by Gasteiger charge is 2.25. The SMILES string of the molecule is CN(CC1CC1)C(=O)c1cncc(C#CCO)c1. The lowest BCUT2D eigenvalue weighted by atomic mass is 10.2. The van der Waals surface area contributed by atoms with Crippen molar-refractivity contribution < 1.29 is 9.90 Å². The van der Waals surface area contributed by atoms with E-state index in [0.29, 0.717) is 17.0 Å². The standard InChI is InChI=1S/C14H16N2O2/c1-16(10-11-4-5-11)14(18)13-7-12(3-2-6-17)8-15-9-13/h7-9,11,17H,4-6,10H2,1H3. The summed E-state index contributed by atoms with van der Waals surface area (Å²) >= 11 is 0. The summed E-state index contributed by atoms with van der Waals surface area (Å²) in [6.07, 6.45) is 5.58. The summed E-state index contributed by atoms with van der Waals surface area (Å²) in [5, 5.41) is 8.63. The van der Waals surface area contributed by atoms with E-state index in [2.05, 4.69) is 16.8 Å². The first-order chi connectivity index (χ1) is 8.70. The van der Waals surface area contributed by atoms with Crippen molar-refractivity contribution >= 4 is 5.91 Å². The third kappa shape index (κ3) is 3.31. The first kappa shape index (κ1) is 12.6. The summed E-state index contributed by atoms with van der Waals surface area (Å²) < 4.78 is 0. The Bertz CT molecular complexity index is 498. The third-order valence-electron chi connectivity index (χ3n) is 2.87. The van der Waals surface area contributed by atoms with Gasteiger partial charge in [-0.3, -0.25) is 9.78 Å². The number of pyridine rings is 1. The van der Waals surface area contributed by atoms with E-state index in [1.54, 1.807) is 23.4 Å². The lowest BCUT2D eigenvalue weighted by Crippen LogP contribution is -2.28. The summed E-state index contributed by atoms with van der Waals surface area (Å²) in [6.45, 7) is 0.616. The van der Waals surface area contributed by atoms with Gasteiger partial charge in [0.05, 0.1) is 5.56 Å². The number of aromatic nitrogens is 1. The van der Waals surface area contributed by atoms with Crippen LogP contribution in [0.15, 0.2) is 18.5 Å². The molecule has 0 saturated heterocycles. The summed E-state index contributed by atoms with van der Waals surface area (Å²) in [6, 6.07) is 1.71. The number of rotatable bonds is 3. The molecule has 1 fully saturated rings. The molecule has 0 atom stereocenters. The lowest BCUT2D eigenvalue weighted by Gasteiger charge is -2.16. The Morgan fingerprint density at radius 2 is 2.33 bits per heavy atom. The van der Waals surface area contributed by atoms with Crippen molar-refractivity contribution in [3.63, 3.8) is 0 Å². The predicted molar refractivity (Wildman–Crippen MR) is 67.9 cm³/mol. The summed E-state index contributed by atoms with van der Waals surface area (Å²) in [5.74, 6) is 5.94. The van der Waals surface area contributed by atoms with E-state index < -0.39 is 0 Å². The summed E-state index contributed by atoms with van der Waals surface area (Å²) in [4.78, 5) is 17.9. The van der Waals surface area contributed by atoms with Gasteiger partial charge < -0.3 is 10.0 Å².